The van der Waals surface area contributed by atoms with E-state index in [0.29, 0.717) is 18.4 Å². The van der Waals surface area contributed by atoms with Crippen LogP contribution in [-0.4, -0.2) is 31.2 Å². The first-order valence-corrected chi connectivity index (χ1v) is 12.9. The minimum atomic E-state index is -4.33. The van der Waals surface area contributed by atoms with Gasteiger partial charge in [0.15, 0.2) is 0 Å². The van der Waals surface area contributed by atoms with Gasteiger partial charge in [-0.25, -0.2) is 13.1 Å². The number of carboxylic acids is 1. The van der Waals surface area contributed by atoms with Crippen molar-refractivity contribution in [1.29, 1.82) is 0 Å². The Hall–Kier alpha value is -4.05. The summed E-state index contributed by atoms with van der Waals surface area (Å²) in [6, 6.07) is 15.8. The largest absolute Gasteiger partial charge is 0.543 e. The molecule has 1 heterocycles. The number of benzene rings is 2. The number of nitrogens with one attached hydrogen (secondary N) is 2. The molecule has 0 aliphatic rings. The number of aromatic carboxylic acids is 1. The number of rotatable bonds is 11. The summed E-state index contributed by atoms with van der Waals surface area (Å²) in [6.45, 7) is 2.26. The summed E-state index contributed by atoms with van der Waals surface area (Å²) in [6.07, 6.45) is 3.80. The fourth-order valence-electron chi connectivity index (χ4n) is 3.50. The number of hydrogen-bond donors (Lipinski definition) is 2. The second-order valence-electron chi connectivity index (χ2n) is 8.11. The average molecular weight is 509 g/mol. The van der Waals surface area contributed by atoms with E-state index in [4.69, 9.17) is 0 Å². The van der Waals surface area contributed by atoms with Gasteiger partial charge in [-0.3, -0.25) is 14.6 Å². The Morgan fingerprint density at radius 3 is 2.36 bits per heavy atom. The van der Waals surface area contributed by atoms with Gasteiger partial charge in [0.25, 0.3) is 21.8 Å². The number of aromatic nitrogens is 1. The highest BCUT2D eigenvalue weighted by atomic mass is 32.2. The molecule has 10 heteroatoms. The van der Waals surface area contributed by atoms with E-state index in [1.54, 1.807) is 0 Å². The van der Waals surface area contributed by atoms with Crippen LogP contribution in [0.15, 0.2) is 71.8 Å². The van der Waals surface area contributed by atoms with Crippen molar-refractivity contribution in [2.45, 2.75) is 44.0 Å². The first-order valence-electron chi connectivity index (χ1n) is 11.4. The zero-order chi connectivity index (χ0) is 26.1. The van der Waals surface area contributed by atoms with Crippen LogP contribution in [0, 0.1) is 0 Å². The third-order valence-corrected chi connectivity index (χ3v) is 6.73. The lowest BCUT2D eigenvalue weighted by Crippen LogP contribution is -2.32. The summed E-state index contributed by atoms with van der Waals surface area (Å²) in [5.74, 6) is -2.91. The summed E-state index contributed by atoms with van der Waals surface area (Å²) in [5, 5.41) is 14.1. The van der Waals surface area contributed by atoms with Crippen LogP contribution in [0.2, 0.25) is 0 Å². The Bertz CT molecular complexity index is 1360. The van der Waals surface area contributed by atoms with E-state index in [1.807, 2.05) is 42.0 Å². The van der Waals surface area contributed by atoms with Crippen LogP contribution in [0.1, 0.15) is 68.5 Å². The number of sulfonamides is 1. The zero-order valence-electron chi connectivity index (χ0n) is 19.7. The molecule has 1 aromatic heterocycles. The SMILES string of the molecule is CCCCCc1cc(C(=O)NS(=O)(=O)c2cccc(C(=O)NCc3ccccc3)c2)cnc1C(=O)[O-]. The van der Waals surface area contributed by atoms with Crippen molar-refractivity contribution in [3.63, 3.8) is 0 Å². The van der Waals surface area contributed by atoms with Gasteiger partial charge in [-0.05, 0) is 48.2 Å². The minimum Gasteiger partial charge on any atom is -0.543 e. The second-order valence-corrected chi connectivity index (χ2v) is 9.79. The number of nitrogens with zero attached hydrogens (tertiary/aromatic N) is 1. The Morgan fingerprint density at radius 1 is 0.917 bits per heavy atom. The van der Waals surface area contributed by atoms with Crippen LogP contribution >= 0.6 is 0 Å². The van der Waals surface area contributed by atoms with Gasteiger partial charge in [-0.2, -0.15) is 0 Å². The van der Waals surface area contributed by atoms with E-state index in [9.17, 15) is 27.9 Å². The number of unbranched alkanes of at least 4 members (excludes halogenated alkanes) is 2. The Kier molecular flexibility index (Phi) is 8.91. The van der Waals surface area contributed by atoms with Gasteiger partial charge < -0.3 is 15.2 Å². The maximum absolute atomic E-state index is 12.9. The van der Waals surface area contributed by atoms with Crippen LogP contribution in [0.25, 0.3) is 0 Å². The number of carbonyl (C=O) groups excluding carboxylic acids is 3. The highest BCUT2D eigenvalue weighted by Crippen LogP contribution is 2.16. The van der Waals surface area contributed by atoms with Crippen molar-refractivity contribution in [3.8, 4) is 0 Å². The molecule has 0 fully saturated rings. The molecule has 9 nitrogen and oxygen atoms in total. The van der Waals surface area contributed by atoms with E-state index in [-0.39, 0.29) is 28.3 Å². The topological polar surface area (TPSA) is 145 Å². The third-order valence-electron chi connectivity index (χ3n) is 5.40. The Morgan fingerprint density at radius 2 is 1.67 bits per heavy atom. The van der Waals surface area contributed by atoms with Crippen LogP contribution in [0.5, 0.6) is 0 Å². The molecule has 0 saturated heterocycles. The molecule has 188 valence electrons. The van der Waals surface area contributed by atoms with Crippen LogP contribution in [0.4, 0.5) is 0 Å². The Balaban J connectivity index is 1.75. The highest BCUT2D eigenvalue weighted by Gasteiger charge is 2.21. The van der Waals surface area contributed by atoms with Gasteiger partial charge in [0.05, 0.1) is 22.1 Å². The van der Waals surface area contributed by atoms with E-state index in [2.05, 4.69) is 10.3 Å². The maximum atomic E-state index is 12.9. The quantitative estimate of drug-likeness (QED) is 0.378. The molecule has 36 heavy (non-hydrogen) atoms. The van der Waals surface area contributed by atoms with Crippen LogP contribution in [0.3, 0.4) is 0 Å². The monoisotopic (exact) mass is 508 g/mol. The lowest BCUT2D eigenvalue weighted by molar-refractivity contribution is -0.255. The van der Waals surface area contributed by atoms with Crippen LogP contribution in [-0.2, 0) is 23.0 Å². The van der Waals surface area contributed by atoms with Gasteiger partial charge >= 0.3 is 0 Å². The summed E-state index contributed by atoms with van der Waals surface area (Å²) in [7, 11) is -4.33. The molecule has 2 aromatic carbocycles. The van der Waals surface area contributed by atoms with Crippen molar-refractivity contribution >= 4 is 27.8 Å². The van der Waals surface area contributed by atoms with Gasteiger partial charge in [0, 0.05) is 18.3 Å². The van der Waals surface area contributed by atoms with E-state index >= 15 is 0 Å². The summed E-state index contributed by atoms with van der Waals surface area (Å²) in [5.41, 5.74) is 0.908. The lowest BCUT2D eigenvalue weighted by Gasteiger charge is -2.12. The normalized spacial score (nSPS) is 11.0. The number of hydrogen-bond acceptors (Lipinski definition) is 7. The van der Waals surface area contributed by atoms with Crippen molar-refractivity contribution in [2.24, 2.45) is 0 Å². The number of amides is 2. The van der Waals surface area contributed by atoms with E-state index in [0.717, 1.165) is 24.6 Å². The molecule has 0 saturated carbocycles. The third kappa shape index (κ3) is 6.98. The molecule has 0 spiro atoms. The molecule has 3 aromatic rings. The minimum absolute atomic E-state index is 0.105. The van der Waals surface area contributed by atoms with Crippen LogP contribution < -0.4 is 15.1 Å². The number of carbonyl (C=O) groups is 3. The fraction of sp³-hybridized carbons (Fsp3) is 0.231. The standard InChI is InChI=1S/C26H27N3O6S/c1-2-3-5-11-19-14-21(17-27-23(19)26(32)33)25(31)29-36(34,35)22-13-8-12-20(15-22)24(30)28-16-18-9-6-4-7-10-18/h4,6-10,12-15,17H,2-3,5,11,16H2,1H3,(H,28,30)(H,29,31)(H,32,33)/p-1. The smallest absolute Gasteiger partial charge is 0.266 e. The zero-order valence-corrected chi connectivity index (χ0v) is 20.5. The van der Waals surface area contributed by atoms with Crippen molar-refractivity contribution < 1.29 is 27.9 Å². The maximum Gasteiger partial charge on any atom is 0.266 e. The molecule has 0 aliphatic carbocycles. The Labute approximate surface area is 209 Å². The number of pyridine rings is 1. The van der Waals surface area contributed by atoms with Gasteiger partial charge in [0.1, 0.15) is 0 Å². The molecule has 3 rings (SSSR count). The molecular weight excluding hydrogens is 482 g/mol. The molecule has 0 unspecified atom stereocenters. The van der Waals surface area contributed by atoms with Crippen molar-refractivity contribution in [1.82, 2.24) is 15.0 Å². The second kappa shape index (κ2) is 12.1. The molecule has 2 N–H and O–H groups in total. The van der Waals surface area contributed by atoms with E-state index in [1.165, 1.54) is 30.3 Å². The number of aryl methyl sites for hydroxylation is 1. The lowest BCUT2D eigenvalue weighted by atomic mass is 10.0. The average Bonchev–Trinajstić information content (AvgIpc) is 2.87. The van der Waals surface area contributed by atoms with Gasteiger partial charge in [0.2, 0.25) is 0 Å². The molecule has 0 aliphatic heterocycles. The first kappa shape index (κ1) is 26.6. The molecule has 0 bridgehead atoms. The van der Waals surface area contributed by atoms with Gasteiger partial charge in [-0.15, -0.1) is 0 Å². The van der Waals surface area contributed by atoms with Gasteiger partial charge in [-0.1, -0.05) is 56.2 Å². The number of carboxylic acid groups (broad SMARTS) is 1. The summed E-state index contributed by atoms with van der Waals surface area (Å²) in [4.78, 5) is 40.1. The fourth-order valence-corrected chi connectivity index (χ4v) is 4.52. The van der Waals surface area contributed by atoms with Crippen molar-refractivity contribution in [3.05, 3.63) is 94.8 Å². The molecular formula is C26H26N3O6S-. The predicted molar refractivity (Wildman–Crippen MR) is 131 cm³/mol. The molecule has 0 radical (unpaired) electrons. The molecule has 0 atom stereocenters. The predicted octanol–water partition coefficient (Wildman–Crippen LogP) is 2.23. The summed E-state index contributed by atoms with van der Waals surface area (Å²) >= 11 is 0. The molecule has 2 amide bonds. The summed E-state index contributed by atoms with van der Waals surface area (Å²) < 4.78 is 27.7. The van der Waals surface area contributed by atoms with E-state index < -0.39 is 27.8 Å². The van der Waals surface area contributed by atoms with Crippen molar-refractivity contribution in [2.75, 3.05) is 0 Å². The first-order chi connectivity index (χ1) is 17.2. The highest BCUT2D eigenvalue weighted by molar-refractivity contribution is 7.90.